The Balaban J connectivity index is 2.43. The Bertz CT molecular complexity index is 462. The van der Waals surface area contributed by atoms with Gasteiger partial charge in [-0.1, -0.05) is 6.07 Å². The number of nitrogens with one attached hydrogen (secondary N) is 1. The third-order valence-electron chi connectivity index (χ3n) is 3.03. The van der Waals surface area contributed by atoms with E-state index in [2.05, 4.69) is 5.32 Å². The zero-order valence-corrected chi connectivity index (χ0v) is 11.6. The average Bonchev–Trinajstić information content (AvgIpc) is 2.55. The lowest BCUT2D eigenvalue weighted by atomic mass is 10.0. The van der Waals surface area contributed by atoms with Gasteiger partial charge < -0.3 is 30.5 Å². The molecule has 116 valence electrons. The van der Waals surface area contributed by atoms with Gasteiger partial charge in [0.05, 0.1) is 37.0 Å². The molecule has 5 N–H and O–H groups in total. The largest absolute Gasteiger partial charge is 0.491 e. The van der Waals surface area contributed by atoms with Crippen molar-refractivity contribution in [3.05, 3.63) is 29.8 Å². The molecule has 0 heterocycles. The van der Waals surface area contributed by atoms with Crippen molar-refractivity contribution in [2.45, 2.75) is 11.6 Å². The second-order valence-electron chi connectivity index (χ2n) is 4.74. The van der Waals surface area contributed by atoms with Crippen LogP contribution < -0.4 is 10.1 Å². The van der Waals surface area contributed by atoms with Crippen LogP contribution >= 0.6 is 0 Å². The summed E-state index contributed by atoms with van der Waals surface area (Å²) in [5.41, 5.74) is -0.776. The first-order chi connectivity index (χ1) is 10.1. The van der Waals surface area contributed by atoms with Gasteiger partial charge in [-0.3, -0.25) is 0 Å². The van der Waals surface area contributed by atoms with Crippen molar-refractivity contribution >= 4 is 0 Å². The topological polar surface area (TPSA) is 126 Å². The molecule has 0 aromatic heterocycles. The highest BCUT2D eigenvalue weighted by Gasteiger charge is 2.28. The van der Waals surface area contributed by atoms with Gasteiger partial charge >= 0.3 is 0 Å². The maximum absolute atomic E-state index is 9.79. The average molecular weight is 296 g/mol. The van der Waals surface area contributed by atoms with Crippen LogP contribution in [0.4, 0.5) is 0 Å². The number of rotatable bonds is 9. The van der Waals surface area contributed by atoms with Gasteiger partial charge in [0.2, 0.25) is 0 Å². The van der Waals surface area contributed by atoms with Gasteiger partial charge in [0.15, 0.2) is 0 Å². The van der Waals surface area contributed by atoms with Crippen LogP contribution in [0.25, 0.3) is 0 Å². The van der Waals surface area contributed by atoms with Crippen molar-refractivity contribution in [2.75, 3.05) is 33.0 Å². The molecule has 1 unspecified atom stereocenters. The third-order valence-corrected chi connectivity index (χ3v) is 3.03. The number of ether oxygens (including phenoxy) is 1. The third kappa shape index (κ3) is 5.30. The molecule has 1 atom stereocenters. The molecule has 1 aromatic rings. The van der Waals surface area contributed by atoms with Gasteiger partial charge in [0, 0.05) is 6.54 Å². The summed E-state index contributed by atoms with van der Waals surface area (Å²) in [6.45, 7) is -1.38. The van der Waals surface area contributed by atoms with E-state index in [1.807, 2.05) is 6.07 Å². The van der Waals surface area contributed by atoms with E-state index in [1.54, 1.807) is 24.3 Å². The summed E-state index contributed by atoms with van der Waals surface area (Å²) in [7, 11) is 0. The van der Waals surface area contributed by atoms with E-state index in [0.717, 1.165) is 0 Å². The Morgan fingerprint density at radius 2 is 1.90 bits per heavy atom. The maximum atomic E-state index is 9.79. The van der Waals surface area contributed by atoms with Crippen LogP contribution in [0, 0.1) is 11.3 Å². The van der Waals surface area contributed by atoms with E-state index < -0.39 is 31.5 Å². The minimum atomic E-state index is -1.23. The maximum Gasteiger partial charge on any atom is 0.120 e. The second-order valence-corrected chi connectivity index (χ2v) is 4.74. The van der Waals surface area contributed by atoms with E-state index in [9.17, 15) is 5.11 Å². The van der Waals surface area contributed by atoms with E-state index in [0.29, 0.717) is 11.3 Å². The molecule has 0 aliphatic carbocycles. The monoisotopic (exact) mass is 296 g/mol. The fourth-order valence-corrected chi connectivity index (χ4v) is 1.56. The van der Waals surface area contributed by atoms with Gasteiger partial charge in [0.1, 0.15) is 18.5 Å². The molecule has 0 fully saturated rings. The number of benzene rings is 1. The molecule has 0 aliphatic heterocycles. The molecule has 0 radical (unpaired) electrons. The minimum absolute atomic E-state index is 0.0274. The summed E-state index contributed by atoms with van der Waals surface area (Å²) in [6, 6.07) is 8.52. The highest BCUT2D eigenvalue weighted by molar-refractivity contribution is 5.36. The summed E-state index contributed by atoms with van der Waals surface area (Å²) in [5.74, 6) is 0.464. The first-order valence-corrected chi connectivity index (χ1v) is 6.48. The summed E-state index contributed by atoms with van der Waals surface area (Å²) in [4.78, 5) is 0. The molecule has 0 saturated heterocycles. The van der Waals surface area contributed by atoms with Crippen LogP contribution in [-0.2, 0) is 0 Å². The van der Waals surface area contributed by atoms with Crippen molar-refractivity contribution in [1.29, 1.82) is 5.26 Å². The Morgan fingerprint density at radius 3 is 2.48 bits per heavy atom. The number of aliphatic hydroxyl groups is 4. The molecule has 1 rings (SSSR count). The molecular formula is C14H20N2O5. The summed E-state index contributed by atoms with van der Waals surface area (Å²) in [5, 5.41) is 48.6. The molecule has 0 spiro atoms. The van der Waals surface area contributed by atoms with Gasteiger partial charge in [-0.15, -0.1) is 0 Å². The standard InChI is InChI=1S/C14H20N2O5/c15-5-11-2-1-3-13(4-11)21-7-12(20)6-16-14(8-17,9-18)10-19/h1-4,12,16-20H,6-10H2. The van der Waals surface area contributed by atoms with E-state index in [-0.39, 0.29) is 13.2 Å². The van der Waals surface area contributed by atoms with Gasteiger partial charge in [-0.25, -0.2) is 0 Å². The van der Waals surface area contributed by atoms with E-state index in [4.69, 9.17) is 25.3 Å². The zero-order valence-electron chi connectivity index (χ0n) is 11.6. The number of aliphatic hydroxyl groups excluding tert-OH is 4. The Kier molecular flexibility index (Phi) is 7.08. The molecule has 0 bridgehead atoms. The number of hydrogen-bond acceptors (Lipinski definition) is 7. The van der Waals surface area contributed by atoms with Gasteiger partial charge in [0.25, 0.3) is 0 Å². The highest BCUT2D eigenvalue weighted by atomic mass is 16.5. The molecule has 0 saturated carbocycles. The second kappa shape index (κ2) is 8.56. The van der Waals surface area contributed by atoms with Crippen molar-refractivity contribution in [2.24, 2.45) is 0 Å². The highest BCUT2D eigenvalue weighted by Crippen LogP contribution is 2.12. The van der Waals surface area contributed by atoms with Crippen LogP contribution in [0.3, 0.4) is 0 Å². The van der Waals surface area contributed by atoms with Crippen LogP contribution in [0.5, 0.6) is 5.75 Å². The number of nitriles is 1. The Hall–Kier alpha value is -1.69. The smallest absolute Gasteiger partial charge is 0.120 e. The normalized spacial score (nSPS) is 12.7. The van der Waals surface area contributed by atoms with E-state index >= 15 is 0 Å². The van der Waals surface area contributed by atoms with Crippen molar-refractivity contribution in [3.63, 3.8) is 0 Å². The zero-order chi connectivity index (χ0) is 15.7. The molecule has 0 amide bonds. The van der Waals surface area contributed by atoms with Crippen LogP contribution in [0.2, 0.25) is 0 Å². The number of nitrogens with zero attached hydrogens (tertiary/aromatic N) is 1. The quantitative estimate of drug-likeness (QED) is 0.379. The molecule has 7 heteroatoms. The Morgan fingerprint density at radius 1 is 1.24 bits per heavy atom. The number of hydrogen-bond donors (Lipinski definition) is 5. The summed E-state index contributed by atoms with van der Waals surface area (Å²) in [6.07, 6.45) is -0.903. The van der Waals surface area contributed by atoms with Crippen molar-refractivity contribution in [3.8, 4) is 11.8 Å². The lowest BCUT2D eigenvalue weighted by Crippen LogP contribution is -2.57. The molecule has 21 heavy (non-hydrogen) atoms. The lowest BCUT2D eigenvalue weighted by molar-refractivity contribution is 0.0260. The van der Waals surface area contributed by atoms with Crippen molar-refractivity contribution in [1.82, 2.24) is 5.32 Å². The van der Waals surface area contributed by atoms with Crippen LogP contribution in [0.1, 0.15) is 5.56 Å². The molecule has 0 aliphatic rings. The van der Waals surface area contributed by atoms with Gasteiger partial charge in [-0.05, 0) is 18.2 Å². The fourth-order valence-electron chi connectivity index (χ4n) is 1.56. The molecule has 7 nitrogen and oxygen atoms in total. The van der Waals surface area contributed by atoms with Crippen LogP contribution in [0.15, 0.2) is 24.3 Å². The SMILES string of the molecule is N#Cc1cccc(OCC(O)CNC(CO)(CO)CO)c1. The summed E-state index contributed by atoms with van der Waals surface area (Å²) < 4.78 is 5.35. The molecular weight excluding hydrogens is 276 g/mol. The molecule has 1 aromatic carbocycles. The number of β-amino-alcohol motifs (C(OH)–C–C–N with tert-alkyl or cyclic N) is 1. The summed E-state index contributed by atoms with van der Waals surface area (Å²) >= 11 is 0. The predicted octanol–water partition coefficient (Wildman–Crippen LogP) is -1.40. The fraction of sp³-hybridized carbons (Fsp3) is 0.500. The van der Waals surface area contributed by atoms with Gasteiger partial charge in [-0.2, -0.15) is 5.26 Å². The van der Waals surface area contributed by atoms with E-state index in [1.165, 1.54) is 0 Å². The lowest BCUT2D eigenvalue weighted by Gasteiger charge is -2.29. The van der Waals surface area contributed by atoms with Crippen molar-refractivity contribution < 1.29 is 25.2 Å². The first-order valence-electron chi connectivity index (χ1n) is 6.48. The minimum Gasteiger partial charge on any atom is -0.491 e. The Labute approximate surface area is 123 Å². The van der Waals surface area contributed by atoms with Crippen LogP contribution in [-0.4, -0.2) is 65.0 Å². The predicted molar refractivity (Wildman–Crippen MR) is 74.6 cm³/mol. The first kappa shape index (κ1) is 17.4.